The molecule has 6 heteroatoms. The van der Waals surface area contributed by atoms with Crippen LogP contribution in [0.5, 0.6) is 0 Å². The Hall–Kier alpha value is -2.60. The zero-order valence-corrected chi connectivity index (χ0v) is 15.0. The molecular weight excluding hydrogens is 329 g/mol. The molecule has 2 aromatic heterocycles. The first kappa shape index (κ1) is 18.2. The zero-order valence-electron chi connectivity index (χ0n) is 15.0. The summed E-state index contributed by atoms with van der Waals surface area (Å²) in [4.78, 5) is 13.6. The van der Waals surface area contributed by atoms with Crippen molar-refractivity contribution in [3.05, 3.63) is 54.8 Å². The van der Waals surface area contributed by atoms with Crippen LogP contribution in [-0.4, -0.2) is 34.6 Å². The third-order valence-electron chi connectivity index (χ3n) is 4.40. The van der Waals surface area contributed by atoms with Crippen LogP contribution < -0.4 is 10.6 Å². The van der Waals surface area contributed by atoms with Gasteiger partial charge in [0.2, 0.25) is 0 Å². The molecule has 0 aromatic carbocycles. The summed E-state index contributed by atoms with van der Waals surface area (Å²) in [6.07, 6.45) is 13.1. The van der Waals surface area contributed by atoms with Crippen LogP contribution in [0.3, 0.4) is 0 Å². The molecule has 1 aliphatic heterocycles. The van der Waals surface area contributed by atoms with Crippen molar-refractivity contribution in [2.24, 2.45) is 5.92 Å². The number of pyridine rings is 1. The lowest BCUT2D eigenvalue weighted by molar-refractivity contribution is 0.392. The number of anilines is 1. The molecule has 1 atom stereocenters. The van der Waals surface area contributed by atoms with Crippen LogP contribution >= 0.6 is 0 Å². The van der Waals surface area contributed by atoms with Gasteiger partial charge in [-0.05, 0) is 50.9 Å². The number of piperidine rings is 1. The molecule has 0 radical (unpaired) electrons. The van der Waals surface area contributed by atoms with E-state index in [1.54, 1.807) is 18.5 Å². The lowest BCUT2D eigenvalue weighted by atomic mass is 10.00. The van der Waals surface area contributed by atoms with Crippen LogP contribution in [0.2, 0.25) is 0 Å². The minimum atomic E-state index is 0.513. The normalized spacial score (nSPS) is 18.8. The van der Waals surface area contributed by atoms with Gasteiger partial charge in [0.05, 0.1) is 17.5 Å². The van der Waals surface area contributed by atoms with Crippen molar-refractivity contribution in [2.45, 2.75) is 19.8 Å². The standard InChI is InChI=1S/C20H24FN5/c1-2-5-16(7-3-8-21)17-12-18-19(24-11-10-23-18)20(26-17)25-14-15-6-4-9-22-13-15/h2-3,5,7-8,10-12,15,22H,4,6,9,13-14H2,1H3,(H,25,26)/b5-2-,8-3+,16-7+. The van der Waals surface area contributed by atoms with Gasteiger partial charge in [0.1, 0.15) is 5.52 Å². The maximum atomic E-state index is 12.5. The van der Waals surface area contributed by atoms with E-state index in [9.17, 15) is 4.39 Å². The van der Waals surface area contributed by atoms with E-state index in [-0.39, 0.29) is 0 Å². The predicted octanol–water partition coefficient (Wildman–Crippen LogP) is 3.88. The highest BCUT2D eigenvalue weighted by molar-refractivity contribution is 5.89. The molecule has 1 aliphatic rings. The minimum Gasteiger partial charge on any atom is -0.368 e. The Balaban J connectivity index is 1.94. The van der Waals surface area contributed by atoms with Gasteiger partial charge in [-0.3, -0.25) is 4.98 Å². The Morgan fingerprint density at radius 3 is 3.04 bits per heavy atom. The molecule has 3 rings (SSSR count). The summed E-state index contributed by atoms with van der Waals surface area (Å²) in [6.45, 7) is 4.87. The summed E-state index contributed by atoms with van der Waals surface area (Å²) in [7, 11) is 0. The van der Waals surface area contributed by atoms with Crippen LogP contribution in [0.4, 0.5) is 10.2 Å². The summed E-state index contributed by atoms with van der Waals surface area (Å²) in [6, 6.07) is 1.88. The topological polar surface area (TPSA) is 62.7 Å². The molecule has 0 amide bonds. The van der Waals surface area contributed by atoms with Crippen molar-refractivity contribution in [1.82, 2.24) is 20.3 Å². The summed E-state index contributed by atoms with van der Waals surface area (Å²) < 4.78 is 12.5. The lowest BCUT2D eigenvalue weighted by Gasteiger charge is -2.23. The number of hydrogen-bond donors (Lipinski definition) is 2. The SMILES string of the molecule is C\C=C/C(=C\C=C\F)c1cc2nccnc2c(NCC2CCCNC2)n1. The molecule has 0 aliphatic carbocycles. The third-order valence-corrected chi connectivity index (χ3v) is 4.40. The summed E-state index contributed by atoms with van der Waals surface area (Å²) >= 11 is 0. The number of nitrogens with zero attached hydrogens (tertiary/aromatic N) is 3. The molecule has 1 saturated heterocycles. The Labute approximate surface area is 153 Å². The van der Waals surface area contributed by atoms with Gasteiger partial charge in [-0.25, -0.2) is 14.4 Å². The fraction of sp³-hybridized carbons (Fsp3) is 0.350. The average molecular weight is 353 g/mol. The van der Waals surface area contributed by atoms with E-state index in [2.05, 4.69) is 20.6 Å². The Bertz CT molecular complexity index is 822. The van der Waals surface area contributed by atoms with Gasteiger partial charge in [-0.15, -0.1) is 0 Å². The van der Waals surface area contributed by atoms with Crippen molar-refractivity contribution in [1.29, 1.82) is 0 Å². The summed E-state index contributed by atoms with van der Waals surface area (Å²) in [5.74, 6) is 1.29. The fourth-order valence-electron chi connectivity index (χ4n) is 3.13. The number of halogens is 1. The first-order valence-electron chi connectivity index (χ1n) is 8.98. The third kappa shape index (κ3) is 4.52. The second kappa shape index (κ2) is 9.20. The summed E-state index contributed by atoms with van der Waals surface area (Å²) in [5.41, 5.74) is 3.07. The van der Waals surface area contributed by atoms with Gasteiger partial charge in [0.15, 0.2) is 5.82 Å². The number of rotatable bonds is 6. The lowest BCUT2D eigenvalue weighted by Crippen LogP contribution is -2.33. The van der Waals surface area contributed by atoms with E-state index in [1.165, 1.54) is 18.9 Å². The van der Waals surface area contributed by atoms with Crippen molar-refractivity contribution in [3.63, 3.8) is 0 Å². The number of hydrogen-bond acceptors (Lipinski definition) is 5. The van der Waals surface area contributed by atoms with E-state index in [0.29, 0.717) is 12.2 Å². The van der Waals surface area contributed by atoms with Crippen molar-refractivity contribution >= 4 is 22.4 Å². The second-order valence-electron chi connectivity index (χ2n) is 6.31. The largest absolute Gasteiger partial charge is 0.368 e. The molecule has 0 spiro atoms. The number of allylic oxidation sites excluding steroid dienone is 5. The van der Waals surface area contributed by atoms with Crippen LogP contribution in [0.15, 0.2) is 49.1 Å². The molecule has 26 heavy (non-hydrogen) atoms. The summed E-state index contributed by atoms with van der Waals surface area (Å²) in [5, 5.41) is 6.88. The van der Waals surface area contributed by atoms with Crippen molar-refractivity contribution < 1.29 is 4.39 Å². The Morgan fingerprint density at radius 2 is 2.27 bits per heavy atom. The highest BCUT2D eigenvalue weighted by Crippen LogP contribution is 2.24. The maximum Gasteiger partial charge on any atom is 0.154 e. The van der Waals surface area contributed by atoms with Crippen LogP contribution in [-0.2, 0) is 0 Å². The second-order valence-corrected chi connectivity index (χ2v) is 6.31. The van der Waals surface area contributed by atoms with Crippen molar-refractivity contribution in [3.8, 4) is 0 Å². The van der Waals surface area contributed by atoms with E-state index >= 15 is 0 Å². The molecular formula is C20H24FN5. The highest BCUT2D eigenvalue weighted by atomic mass is 19.1. The number of fused-ring (bicyclic) bond motifs is 1. The number of aromatic nitrogens is 3. The fourth-order valence-corrected chi connectivity index (χ4v) is 3.13. The van der Waals surface area contributed by atoms with Crippen LogP contribution in [0.1, 0.15) is 25.5 Å². The molecule has 136 valence electrons. The van der Waals surface area contributed by atoms with Crippen molar-refractivity contribution in [2.75, 3.05) is 25.0 Å². The smallest absolute Gasteiger partial charge is 0.154 e. The molecule has 1 fully saturated rings. The maximum absolute atomic E-state index is 12.5. The van der Waals surface area contributed by atoms with Gasteiger partial charge >= 0.3 is 0 Å². The van der Waals surface area contributed by atoms with Gasteiger partial charge in [-0.1, -0.05) is 18.2 Å². The zero-order chi connectivity index (χ0) is 18.2. The van der Waals surface area contributed by atoms with E-state index in [0.717, 1.165) is 47.8 Å². The van der Waals surface area contributed by atoms with E-state index < -0.39 is 0 Å². The molecule has 5 nitrogen and oxygen atoms in total. The first-order chi connectivity index (χ1) is 12.8. The van der Waals surface area contributed by atoms with E-state index in [1.807, 2.05) is 25.1 Å². The monoisotopic (exact) mass is 353 g/mol. The molecule has 0 saturated carbocycles. The minimum absolute atomic E-state index is 0.513. The van der Waals surface area contributed by atoms with E-state index in [4.69, 9.17) is 4.98 Å². The van der Waals surface area contributed by atoms with Gasteiger partial charge in [0, 0.05) is 24.5 Å². The van der Waals surface area contributed by atoms with Gasteiger partial charge in [-0.2, -0.15) is 0 Å². The molecule has 2 N–H and O–H groups in total. The quantitative estimate of drug-likeness (QED) is 0.772. The predicted molar refractivity (Wildman–Crippen MR) is 104 cm³/mol. The van der Waals surface area contributed by atoms with Gasteiger partial charge < -0.3 is 10.6 Å². The average Bonchev–Trinajstić information content (AvgIpc) is 2.70. The first-order valence-corrected chi connectivity index (χ1v) is 8.98. The highest BCUT2D eigenvalue weighted by Gasteiger charge is 2.15. The van der Waals surface area contributed by atoms with Crippen LogP contribution in [0, 0.1) is 5.92 Å². The Morgan fingerprint density at radius 1 is 1.38 bits per heavy atom. The van der Waals surface area contributed by atoms with Crippen LogP contribution in [0.25, 0.3) is 16.6 Å². The molecule has 1 unspecified atom stereocenters. The molecule has 2 aromatic rings. The molecule has 0 bridgehead atoms. The Kier molecular flexibility index (Phi) is 6.44. The van der Waals surface area contributed by atoms with Gasteiger partial charge in [0.25, 0.3) is 0 Å². The molecule has 3 heterocycles. The number of nitrogens with one attached hydrogen (secondary N) is 2.